The van der Waals surface area contributed by atoms with Crippen molar-refractivity contribution in [3.05, 3.63) is 64.5 Å². The second-order valence-electron chi connectivity index (χ2n) is 5.20. The third-order valence-corrected chi connectivity index (χ3v) is 3.76. The van der Waals surface area contributed by atoms with Gasteiger partial charge in [-0.1, -0.05) is 30.3 Å². The fourth-order valence-electron chi connectivity index (χ4n) is 2.65. The van der Waals surface area contributed by atoms with Gasteiger partial charge >= 0.3 is 0 Å². The maximum absolute atomic E-state index is 13.3. The van der Waals surface area contributed by atoms with Crippen molar-refractivity contribution in [2.24, 2.45) is 0 Å². The van der Waals surface area contributed by atoms with Gasteiger partial charge in [-0.2, -0.15) is 0 Å². The first kappa shape index (κ1) is 13.1. The lowest BCUT2D eigenvalue weighted by Gasteiger charge is -2.23. The second kappa shape index (κ2) is 5.25. The summed E-state index contributed by atoms with van der Waals surface area (Å²) in [5.74, 6) is 0.528. The van der Waals surface area contributed by atoms with Gasteiger partial charge in [-0.15, -0.1) is 0 Å². The van der Waals surface area contributed by atoms with Crippen LogP contribution in [0.25, 0.3) is 0 Å². The van der Waals surface area contributed by atoms with Crippen molar-refractivity contribution in [2.45, 2.75) is 25.9 Å². The summed E-state index contributed by atoms with van der Waals surface area (Å²) in [4.78, 5) is 0. The van der Waals surface area contributed by atoms with Crippen LogP contribution in [-0.4, -0.2) is 11.7 Å². The molecule has 0 amide bonds. The van der Waals surface area contributed by atoms with Crippen LogP contribution in [0, 0.1) is 12.7 Å². The van der Waals surface area contributed by atoms with Crippen LogP contribution in [0.2, 0.25) is 0 Å². The topological polar surface area (TPSA) is 29.5 Å². The molecule has 0 aromatic heterocycles. The number of hydrogen-bond donors (Lipinski definition) is 1. The Bertz CT molecular complexity index is 637. The molecule has 1 aliphatic heterocycles. The quantitative estimate of drug-likeness (QED) is 0.906. The third-order valence-electron chi connectivity index (χ3n) is 3.76. The molecule has 3 rings (SSSR count). The van der Waals surface area contributed by atoms with Crippen LogP contribution in [0.4, 0.5) is 4.39 Å². The van der Waals surface area contributed by atoms with Crippen molar-refractivity contribution in [2.75, 3.05) is 6.61 Å². The van der Waals surface area contributed by atoms with Gasteiger partial charge in [0.15, 0.2) is 0 Å². The van der Waals surface area contributed by atoms with E-state index in [0.29, 0.717) is 17.7 Å². The molecule has 0 spiro atoms. The molecule has 2 nitrogen and oxygen atoms in total. The summed E-state index contributed by atoms with van der Waals surface area (Å²) in [5, 5.41) is 10.6. The van der Waals surface area contributed by atoms with Gasteiger partial charge in [0.25, 0.3) is 0 Å². The lowest BCUT2D eigenvalue weighted by molar-refractivity contribution is 0.206. The number of para-hydroxylation sites is 1. The highest BCUT2D eigenvalue weighted by Gasteiger charge is 2.21. The first-order valence-corrected chi connectivity index (χ1v) is 6.85. The highest BCUT2D eigenvalue weighted by atomic mass is 19.1. The van der Waals surface area contributed by atoms with E-state index in [4.69, 9.17) is 4.74 Å². The number of halogens is 1. The molecule has 1 atom stereocenters. The van der Waals surface area contributed by atoms with Crippen molar-refractivity contribution >= 4 is 0 Å². The predicted octanol–water partition coefficient (Wildman–Crippen LogP) is 3.54. The highest BCUT2D eigenvalue weighted by molar-refractivity contribution is 5.47. The standard InChI is InChI=1S/C17H17FO2/c1-11-10-13(7-8-15(11)18)16(19)14-6-2-4-12-5-3-9-20-17(12)14/h2,4,6-8,10,16,19H,3,5,9H2,1H3. The van der Waals surface area contributed by atoms with Crippen molar-refractivity contribution < 1.29 is 14.2 Å². The van der Waals surface area contributed by atoms with Gasteiger partial charge in [0.1, 0.15) is 17.7 Å². The summed E-state index contributed by atoms with van der Waals surface area (Å²) < 4.78 is 19.0. The van der Waals surface area contributed by atoms with E-state index in [9.17, 15) is 9.50 Å². The molecule has 0 saturated heterocycles. The molecule has 0 saturated carbocycles. The zero-order valence-electron chi connectivity index (χ0n) is 11.4. The van der Waals surface area contributed by atoms with Gasteiger partial charge in [-0.3, -0.25) is 0 Å². The molecule has 1 N–H and O–H groups in total. The molecule has 2 aromatic carbocycles. The molecule has 1 unspecified atom stereocenters. The van der Waals surface area contributed by atoms with Gasteiger partial charge in [0.2, 0.25) is 0 Å². The minimum Gasteiger partial charge on any atom is -0.493 e. The number of aliphatic hydroxyl groups excluding tert-OH is 1. The molecule has 2 aromatic rings. The highest BCUT2D eigenvalue weighted by Crippen LogP contribution is 2.35. The second-order valence-corrected chi connectivity index (χ2v) is 5.20. The van der Waals surface area contributed by atoms with Crippen LogP contribution in [0.15, 0.2) is 36.4 Å². The zero-order valence-corrected chi connectivity index (χ0v) is 11.4. The maximum Gasteiger partial charge on any atom is 0.128 e. The Hall–Kier alpha value is -1.87. The van der Waals surface area contributed by atoms with E-state index in [1.807, 2.05) is 18.2 Å². The molecule has 1 aliphatic rings. The number of fused-ring (bicyclic) bond motifs is 1. The van der Waals surface area contributed by atoms with Crippen molar-refractivity contribution in [3.8, 4) is 5.75 Å². The molecule has 0 fully saturated rings. The molecule has 0 aliphatic carbocycles. The Morgan fingerprint density at radius 1 is 1.25 bits per heavy atom. The molecule has 20 heavy (non-hydrogen) atoms. The van der Waals surface area contributed by atoms with Crippen LogP contribution in [0.1, 0.15) is 34.8 Å². The number of rotatable bonds is 2. The fraction of sp³-hybridized carbons (Fsp3) is 0.294. The number of aryl methyl sites for hydroxylation is 2. The van der Waals surface area contributed by atoms with Crippen molar-refractivity contribution in [1.82, 2.24) is 0 Å². The van der Waals surface area contributed by atoms with E-state index in [0.717, 1.165) is 29.7 Å². The largest absolute Gasteiger partial charge is 0.493 e. The SMILES string of the molecule is Cc1cc(C(O)c2cccc3c2OCCC3)ccc1F. The van der Waals surface area contributed by atoms with Crippen LogP contribution in [0.5, 0.6) is 5.75 Å². The van der Waals surface area contributed by atoms with Gasteiger partial charge in [-0.05, 0) is 42.5 Å². The van der Waals surface area contributed by atoms with Crippen LogP contribution < -0.4 is 4.74 Å². The predicted molar refractivity (Wildman–Crippen MR) is 75.5 cm³/mol. The van der Waals surface area contributed by atoms with E-state index >= 15 is 0 Å². The van der Waals surface area contributed by atoms with Gasteiger partial charge in [0.05, 0.1) is 6.61 Å². The van der Waals surface area contributed by atoms with Gasteiger partial charge < -0.3 is 9.84 Å². The van der Waals surface area contributed by atoms with Crippen molar-refractivity contribution in [3.63, 3.8) is 0 Å². The molecular weight excluding hydrogens is 255 g/mol. The molecular formula is C17H17FO2. The molecule has 0 bridgehead atoms. The number of aliphatic hydroxyl groups is 1. The summed E-state index contributed by atoms with van der Waals surface area (Å²) in [7, 11) is 0. The Morgan fingerprint density at radius 3 is 2.90 bits per heavy atom. The molecule has 104 valence electrons. The van der Waals surface area contributed by atoms with E-state index in [1.165, 1.54) is 6.07 Å². The van der Waals surface area contributed by atoms with E-state index < -0.39 is 6.10 Å². The zero-order chi connectivity index (χ0) is 14.1. The number of ether oxygens (including phenoxy) is 1. The maximum atomic E-state index is 13.3. The number of hydrogen-bond acceptors (Lipinski definition) is 2. The van der Waals surface area contributed by atoms with Crippen LogP contribution in [-0.2, 0) is 6.42 Å². The number of benzene rings is 2. The fourth-order valence-corrected chi connectivity index (χ4v) is 2.65. The summed E-state index contributed by atoms with van der Waals surface area (Å²) in [5.41, 5.74) is 3.11. The lowest BCUT2D eigenvalue weighted by atomic mass is 9.95. The minimum atomic E-state index is -0.789. The minimum absolute atomic E-state index is 0.257. The summed E-state index contributed by atoms with van der Waals surface area (Å²) in [6.07, 6.45) is 1.18. The van der Waals surface area contributed by atoms with Gasteiger partial charge in [-0.25, -0.2) is 4.39 Å². The Labute approximate surface area is 117 Å². The Morgan fingerprint density at radius 2 is 2.10 bits per heavy atom. The molecule has 1 heterocycles. The van der Waals surface area contributed by atoms with Gasteiger partial charge in [0, 0.05) is 5.56 Å². The average molecular weight is 272 g/mol. The van der Waals surface area contributed by atoms with Crippen LogP contribution >= 0.6 is 0 Å². The summed E-state index contributed by atoms with van der Waals surface area (Å²) in [6, 6.07) is 10.5. The Kier molecular flexibility index (Phi) is 3.45. The third kappa shape index (κ3) is 2.29. The van der Waals surface area contributed by atoms with Crippen LogP contribution in [0.3, 0.4) is 0 Å². The summed E-state index contributed by atoms with van der Waals surface area (Å²) in [6.45, 7) is 2.38. The van der Waals surface area contributed by atoms with E-state index in [2.05, 4.69) is 0 Å². The molecule has 0 radical (unpaired) electrons. The lowest BCUT2D eigenvalue weighted by Crippen LogP contribution is -2.12. The smallest absolute Gasteiger partial charge is 0.128 e. The Balaban J connectivity index is 2.02. The van der Waals surface area contributed by atoms with Crippen molar-refractivity contribution in [1.29, 1.82) is 0 Å². The van der Waals surface area contributed by atoms with E-state index in [1.54, 1.807) is 19.1 Å². The summed E-state index contributed by atoms with van der Waals surface area (Å²) >= 11 is 0. The molecule has 3 heteroatoms. The first-order valence-electron chi connectivity index (χ1n) is 6.85. The van der Waals surface area contributed by atoms with E-state index in [-0.39, 0.29) is 5.82 Å². The average Bonchev–Trinajstić information content (AvgIpc) is 2.49. The normalized spacial score (nSPS) is 15.3. The first-order chi connectivity index (χ1) is 9.66. The monoisotopic (exact) mass is 272 g/mol.